The summed E-state index contributed by atoms with van der Waals surface area (Å²) in [5.41, 5.74) is 1.34. The zero-order valence-corrected chi connectivity index (χ0v) is 6.59. The van der Waals surface area contributed by atoms with Crippen LogP contribution in [-0.4, -0.2) is 4.98 Å². The molecule has 1 N–H and O–H groups in total. The fourth-order valence-electron chi connectivity index (χ4n) is 1.36. The molecule has 1 aliphatic carbocycles. The number of hydrogen-bond donors (Lipinski definition) is 1. The molecule has 11 heavy (non-hydrogen) atoms. The van der Waals surface area contributed by atoms with Crippen LogP contribution in [0.5, 0.6) is 0 Å². The third-order valence-corrected chi connectivity index (χ3v) is 1.96. The first-order valence-electron chi connectivity index (χ1n) is 3.88. The van der Waals surface area contributed by atoms with Crippen LogP contribution in [0.25, 0.3) is 12.2 Å². The van der Waals surface area contributed by atoms with Gasteiger partial charge < -0.3 is 4.98 Å². The highest BCUT2D eigenvalue weighted by Gasteiger charge is 1.90. The van der Waals surface area contributed by atoms with Crippen LogP contribution in [0.1, 0.15) is 13.3 Å². The summed E-state index contributed by atoms with van der Waals surface area (Å²) in [6.45, 7) is 2.13. The maximum Gasteiger partial charge on any atom is 0.0453 e. The summed E-state index contributed by atoms with van der Waals surface area (Å²) >= 11 is 0. The molecule has 0 saturated heterocycles. The van der Waals surface area contributed by atoms with E-state index in [1.165, 1.54) is 16.1 Å². The highest BCUT2D eigenvalue weighted by atomic mass is 14.6. The van der Waals surface area contributed by atoms with Gasteiger partial charge in [-0.3, -0.25) is 0 Å². The Morgan fingerprint density at radius 2 is 2.27 bits per heavy atom. The molecule has 0 fully saturated rings. The smallest absolute Gasteiger partial charge is 0.0453 e. The SMILES string of the molecule is CC1=CCC=c2cc[nH]c2=C1. The van der Waals surface area contributed by atoms with Gasteiger partial charge in [-0.15, -0.1) is 0 Å². The average molecular weight is 145 g/mol. The molecule has 0 atom stereocenters. The van der Waals surface area contributed by atoms with E-state index < -0.39 is 0 Å². The van der Waals surface area contributed by atoms with Crippen molar-refractivity contribution < 1.29 is 0 Å². The molecule has 56 valence electrons. The molecule has 0 aromatic carbocycles. The second-order valence-corrected chi connectivity index (χ2v) is 2.88. The van der Waals surface area contributed by atoms with Gasteiger partial charge in [-0.05, 0) is 30.7 Å². The Hall–Kier alpha value is -1.24. The van der Waals surface area contributed by atoms with Crippen molar-refractivity contribution in [3.05, 3.63) is 34.5 Å². The van der Waals surface area contributed by atoms with Gasteiger partial charge in [0.1, 0.15) is 0 Å². The number of nitrogens with one attached hydrogen (secondary N) is 1. The van der Waals surface area contributed by atoms with Crippen LogP contribution in [0.2, 0.25) is 0 Å². The second-order valence-electron chi connectivity index (χ2n) is 2.88. The molecule has 1 heteroatoms. The van der Waals surface area contributed by atoms with Crippen molar-refractivity contribution in [2.45, 2.75) is 13.3 Å². The topological polar surface area (TPSA) is 15.8 Å². The highest BCUT2D eigenvalue weighted by Crippen LogP contribution is 1.98. The zero-order valence-electron chi connectivity index (χ0n) is 6.59. The molecule has 0 radical (unpaired) electrons. The quantitative estimate of drug-likeness (QED) is 0.559. The largest absolute Gasteiger partial charge is 0.361 e. The van der Waals surface area contributed by atoms with Crippen LogP contribution in [0.3, 0.4) is 0 Å². The summed E-state index contributed by atoms with van der Waals surface area (Å²) in [7, 11) is 0. The number of allylic oxidation sites excluding steroid dienone is 2. The molecule has 1 aromatic heterocycles. The summed E-state index contributed by atoms with van der Waals surface area (Å²) in [6, 6.07) is 2.11. The van der Waals surface area contributed by atoms with E-state index in [9.17, 15) is 0 Å². The standard InChI is InChI=1S/C10H11N/c1-8-3-2-4-9-5-6-11-10(9)7-8/h3-7,11H,2H2,1H3. The number of aromatic nitrogens is 1. The number of hydrogen-bond acceptors (Lipinski definition) is 0. The van der Waals surface area contributed by atoms with Crippen LogP contribution in [0.15, 0.2) is 23.9 Å². The zero-order chi connectivity index (χ0) is 7.68. The van der Waals surface area contributed by atoms with E-state index in [-0.39, 0.29) is 0 Å². The Balaban J connectivity index is 2.76. The van der Waals surface area contributed by atoms with E-state index in [2.05, 4.69) is 36.2 Å². The molecule has 0 spiro atoms. The van der Waals surface area contributed by atoms with Crippen molar-refractivity contribution in [2.75, 3.05) is 0 Å². The monoisotopic (exact) mass is 145 g/mol. The Labute approximate surface area is 65.8 Å². The third kappa shape index (κ3) is 1.14. The van der Waals surface area contributed by atoms with Crippen LogP contribution < -0.4 is 10.6 Å². The first kappa shape index (κ1) is 6.47. The molecule has 1 heterocycles. The van der Waals surface area contributed by atoms with E-state index in [1.54, 1.807) is 0 Å². The highest BCUT2D eigenvalue weighted by molar-refractivity contribution is 5.48. The van der Waals surface area contributed by atoms with Crippen molar-refractivity contribution in [2.24, 2.45) is 0 Å². The van der Waals surface area contributed by atoms with Gasteiger partial charge in [0, 0.05) is 11.5 Å². The maximum atomic E-state index is 3.20. The van der Waals surface area contributed by atoms with Crippen LogP contribution >= 0.6 is 0 Å². The number of rotatable bonds is 0. The van der Waals surface area contributed by atoms with E-state index in [1.807, 2.05) is 6.20 Å². The molecule has 0 bridgehead atoms. The molecule has 2 rings (SSSR count). The van der Waals surface area contributed by atoms with E-state index in [0.717, 1.165) is 6.42 Å². The predicted molar refractivity (Wildman–Crippen MR) is 47.3 cm³/mol. The van der Waals surface area contributed by atoms with Crippen LogP contribution in [0, 0.1) is 0 Å². The van der Waals surface area contributed by atoms with Crippen molar-refractivity contribution in [3.63, 3.8) is 0 Å². The molecule has 0 aliphatic heterocycles. The van der Waals surface area contributed by atoms with Crippen LogP contribution in [-0.2, 0) is 0 Å². The Morgan fingerprint density at radius 3 is 3.18 bits per heavy atom. The molecular weight excluding hydrogens is 134 g/mol. The normalized spacial score (nSPS) is 15.5. The van der Waals surface area contributed by atoms with Gasteiger partial charge in [-0.1, -0.05) is 17.7 Å². The number of aromatic amines is 1. The lowest BCUT2D eigenvalue weighted by molar-refractivity contribution is 1.31. The summed E-state index contributed by atoms with van der Waals surface area (Å²) in [4.78, 5) is 3.20. The first-order chi connectivity index (χ1) is 5.36. The summed E-state index contributed by atoms with van der Waals surface area (Å²) in [6.07, 6.45) is 9.68. The Morgan fingerprint density at radius 1 is 1.36 bits per heavy atom. The minimum Gasteiger partial charge on any atom is -0.361 e. The van der Waals surface area contributed by atoms with Gasteiger partial charge in [0.15, 0.2) is 0 Å². The molecule has 0 saturated carbocycles. The van der Waals surface area contributed by atoms with Gasteiger partial charge in [0.2, 0.25) is 0 Å². The minimum absolute atomic E-state index is 1.05. The fourth-order valence-corrected chi connectivity index (χ4v) is 1.36. The number of H-pyrrole nitrogens is 1. The van der Waals surface area contributed by atoms with Crippen molar-refractivity contribution in [1.82, 2.24) is 4.98 Å². The second kappa shape index (κ2) is 2.42. The number of fused-ring (bicyclic) bond motifs is 1. The Kier molecular flexibility index (Phi) is 1.42. The first-order valence-corrected chi connectivity index (χ1v) is 3.88. The van der Waals surface area contributed by atoms with Crippen molar-refractivity contribution in [1.29, 1.82) is 0 Å². The molecule has 0 amide bonds. The van der Waals surface area contributed by atoms with E-state index >= 15 is 0 Å². The van der Waals surface area contributed by atoms with Crippen LogP contribution in [0.4, 0.5) is 0 Å². The molecular formula is C10H11N. The molecule has 1 nitrogen and oxygen atoms in total. The summed E-state index contributed by atoms with van der Waals surface area (Å²) in [5.74, 6) is 0. The van der Waals surface area contributed by atoms with Gasteiger partial charge in [-0.25, -0.2) is 0 Å². The summed E-state index contributed by atoms with van der Waals surface area (Å²) < 4.78 is 0. The minimum atomic E-state index is 1.05. The third-order valence-electron chi connectivity index (χ3n) is 1.96. The van der Waals surface area contributed by atoms with Gasteiger partial charge in [0.25, 0.3) is 0 Å². The van der Waals surface area contributed by atoms with Crippen molar-refractivity contribution >= 4 is 12.2 Å². The lowest BCUT2D eigenvalue weighted by Gasteiger charge is -1.84. The van der Waals surface area contributed by atoms with Gasteiger partial charge in [-0.2, -0.15) is 0 Å². The van der Waals surface area contributed by atoms with Gasteiger partial charge in [0.05, 0.1) is 0 Å². The fraction of sp³-hybridized carbons (Fsp3) is 0.200. The van der Waals surface area contributed by atoms with Crippen molar-refractivity contribution in [3.8, 4) is 0 Å². The lowest BCUT2D eigenvalue weighted by Crippen LogP contribution is -2.21. The molecule has 1 aromatic rings. The maximum absolute atomic E-state index is 3.20. The summed E-state index contributed by atoms with van der Waals surface area (Å²) in [5, 5.41) is 2.55. The molecule has 1 aliphatic rings. The van der Waals surface area contributed by atoms with E-state index in [0.29, 0.717) is 0 Å². The predicted octanol–water partition coefficient (Wildman–Crippen LogP) is 0.926. The molecule has 0 unspecified atom stereocenters. The lowest BCUT2D eigenvalue weighted by atomic mass is 10.2. The Bertz CT molecular complexity index is 393. The van der Waals surface area contributed by atoms with Gasteiger partial charge >= 0.3 is 0 Å². The average Bonchev–Trinajstić information content (AvgIpc) is 2.31. The van der Waals surface area contributed by atoms with E-state index in [4.69, 9.17) is 0 Å².